The summed E-state index contributed by atoms with van der Waals surface area (Å²) in [6.07, 6.45) is 11.0. The average Bonchev–Trinajstić information content (AvgIpc) is 3.49. The summed E-state index contributed by atoms with van der Waals surface area (Å²) in [4.78, 5) is 10.7. The molecule has 0 spiro atoms. The molecule has 0 aliphatic carbocycles. The van der Waals surface area contributed by atoms with Crippen LogP contribution in [0, 0.1) is 0 Å². The molecular weight excluding hydrogens is 344 g/mol. The Morgan fingerprint density at radius 3 is 1.11 bits per heavy atom. The summed E-state index contributed by atoms with van der Waals surface area (Å²) in [5.41, 5.74) is 2.85. The summed E-state index contributed by atoms with van der Waals surface area (Å²) >= 11 is 0. The summed E-state index contributed by atoms with van der Waals surface area (Å²) in [6, 6.07) is 11.2. The summed E-state index contributed by atoms with van der Waals surface area (Å²) < 4.78 is 0. The van der Waals surface area contributed by atoms with Crippen molar-refractivity contribution < 1.29 is 0 Å². The van der Waals surface area contributed by atoms with Crippen LogP contribution in [0.3, 0.4) is 0 Å². The average molecular weight is 383 g/mol. The van der Waals surface area contributed by atoms with E-state index in [1.807, 2.05) is 0 Å². The standard InChI is InChI=1S/C24H38N4/c1-2-14-25(13-1)23-9-17-27(18-10-23)21-5-7-22(8-6-21)28-19-11-24(12-20-28)26-15-3-4-16-26/h5-8,23-24H,1-4,9-20H2. The van der Waals surface area contributed by atoms with Crippen molar-refractivity contribution in [1.82, 2.24) is 9.80 Å². The van der Waals surface area contributed by atoms with Gasteiger partial charge in [-0.05, 0) is 102 Å². The lowest BCUT2D eigenvalue weighted by Gasteiger charge is -2.39. The number of likely N-dealkylation sites (tertiary alicyclic amines) is 2. The summed E-state index contributed by atoms with van der Waals surface area (Å²) in [5.74, 6) is 0. The number of benzene rings is 1. The van der Waals surface area contributed by atoms with E-state index in [0.29, 0.717) is 0 Å². The molecule has 154 valence electrons. The number of hydrogen-bond acceptors (Lipinski definition) is 4. The quantitative estimate of drug-likeness (QED) is 0.785. The monoisotopic (exact) mass is 382 g/mol. The van der Waals surface area contributed by atoms with Gasteiger partial charge in [-0.2, -0.15) is 0 Å². The molecule has 4 heterocycles. The zero-order chi connectivity index (χ0) is 18.8. The van der Waals surface area contributed by atoms with Crippen LogP contribution >= 0.6 is 0 Å². The van der Waals surface area contributed by atoms with Gasteiger partial charge in [-0.25, -0.2) is 0 Å². The van der Waals surface area contributed by atoms with Gasteiger partial charge in [0, 0.05) is 49.6 Å². The SMILES string of the molecule is c1cc(N2CCC(N3CCCC3)CC2)ccc1N1CCC(N2CCCC2)CC1. The van der Waals surface area contributed by atoms with Crippen LogP contribution in [-0.2, 0) is 0 Å². The Morgan fingerprint density at radius 2 is 0.786 bits per heavy atom. The lowest BCUT2D eigenvalue weighted by atomic mass is 10.0. The van der Waals surface area contributed by atoms with Gasteiger partial charge in [0.2, 0.25) is 0 Å². The van der Waals surface area contributed by atoms with E-state index in [2.05, 4.69) is 43.9 Å². The second kappa shape index (κ2) is 8.62. The van der Waals surface area contributed by atoms with Crippen molar-refractivity contribution >= 4 is 11.4 Å². The van der Waals surface area contributed by atoms with Gasteiger partial charge >= 0.3 is 0 Å². The molecule has 0 aromatic heterocycles. The van der Waals surface area contributed by atoms with Crippen LogP contribution in [0.4, 0.5) is 11.4 Å². The number of nitrogens with zero attached hydrogens (tertiary/aromatic N) is 4. The molecule has 4 aliphatic rings. The topological polar surface area (TPSA) is 13.0 Å². The third-order valence-corrected chi connectivity index (χ3v) is 7.82. The molecule has 1 aromatic carbocycles. The molecule has 28 heavy (non-hydrogen) atoms. The van der Waals surface area contributed by atoms with E-state index in [-0.39, 0.29) is 0 Å². The smallest absolute Gasteiger partial charge is 0.0367 e. The maximum absolute atomic E-state index is 2.74. The summed E-state index contributed by atoms with van der Waals surface area (Å²) in [6.45, 7) is 10.3. The molecule has 0 radical (unpaired) electrons. The Kier molecular flexibility index (Phi) is 5.77. The lowest BCUT2D eigenvalue weighted by molar-refractivity contribution is 0.207. The van der Waals surface area contributed by atoms with Crippen LogP contribution in [0.5, 0.6) is 0 Å². The molecular formula is C24H38N4. The van der Waals surface area contributed by atoms with Gasteiger partial charge < -0.3 is 19.6 Å². The zero-order valence-corrected chi connectivity index (χ0v) is 17.6. The highest BCUT2D eigenvalue weighted by Gasteiger charge is 2.28. The molecule has 1 aromatic rings. The molecule has 4 saturated heterocycles. The van der Waals surface area contributed by atoms with Gasteiger partial charge in [-0.1, -0.05) is 0 Å². The fourth-order valence-corrected chi connectivity index (χ4v) is 6.07. The molecule has 0 saturated carbocycles. The fraction of sp³-hybridized carbons (Fsp3) is 0.750. The first-order valence-electron chi connectivity index (χ1n) is 11.9. The van der Waals surface area contributed by atoms with Crippen molar-refractivity contribution in [3.05, 3.63) is 24.3 Å². The van der Waals surface area contributed by atoms with E-state index in [1.54, 1.807) is 0 Å². The van der Waals surface area contributed by atoms with Crippen molar-refractivity contribution in [2.24, 2.45) is 0 Å². The minimum Gasteiger partial charge on any atom is -0.371 e. The molecule has 4 nitrogen and oxygen atoms in total. The Balaban J connectivity index is 1.12. The maximum atomic E-state index is 2.74. The second-order valence-electron chi connectivity index (χ2n) is 9.44. The highest BCUT2D eigenvalue weighted by atomic mass is 15.2. The van der Waals surface area contributed by atoms with Crippen LogP contribution < -0.4 is 9.80 Å². The molecule has 4 aliphatic heterocycles. The van der Waals surface area contributed by atoms with Gasteiger partial charge in [-0.3, -0.25) is 0 Å². The highest BCUT2D eigenvalue weighted by molar-refractivity contribution is 5.56. The first kappa shape index (κ1) is 18.7. The van der Waals surface area contributed by atoms with Gasteiger partial charge in [-0.15, -0.1) is 0 Å². The first-order chi connectivity index (χ1) is 13.9. The van der Waals surface area contributed by atoms with Crippen LogP contribution in [0.25, 0.3) is 0 Å². The number of piperidine rings is 2. The van der Waals surface area contributed by atoms with E-state index >= 15 is 0 Å². The Labute approximate surface area is 171 Å². The van der Waals surface area contributed by atoms with E-state index in [0.717, 1.165) is 12.1 Å². The van der Waals surface area contributed by atoms with Crippen molar-refractivity contribution in [2.45, 2.75) is 63.5 Å². The van der Waals surface area contributed by atoms with Crippen LogP contribution in [-0.4, -0.2) is 74.2 Å². The third-order valence-electron chi connectivity index (χ3n) is 7.82. The van der Waals surface area contributed by atoms with E-state index in [1.165, 1.54) is 115 Å². The molecule has 0 bridgehead atoms. The number of rotatable bonds is 4. The Hall–Kier alpha value is -1.26. The number of anilines is 2. The molecule has 4 heteroatoms. The van der Waals surface area contributed by atoms with Gasteiger partial charge in [0.1, 0.15) is 0 Å². The van der Waals surface area contributed by atoms with Crippen LogP contribution in [0.15, 0.2) is 24.3 Å². The minimum absolute atomic E-state index is 0.843. The van der Waals surface area contributed by atoms with Gasteiger partial charge in [0.25, 0.3) is 0 Å². The molecule has 0 atom stereocenters. The molecule has 5 rings (SSSR count). The highest BCUT2D eigenvalue weighted by Crippen LogP contribution is 2.29. The first-order valence-corrected chi connectivity index (χ1v) is 11.9. The second-order valence-corrected chi connectivity index (χ2v) is 9.44. The van der Waals surface area contributed by atoms with Crippen molar-refractivity contribution in [3.8, 4) is 0 Å². The van der Waals surface area contributed by atoms with E-state index in [4.69, 9.17) is 0 Å². The molecule has 0 N–H and O–H groups in total. The van der Waals surface area contributed by atoms with Crippen molar-refractivity contribution in [2.75, 3.05) is 62.2 Å². The van der Waals surface area contributed by atoms with Gasteiger partial charge in [0.05, 0.1) is 0 Å². The summed E-state index contributed by atoms with van der Waals surface area (Å²) in [7, 11) is 0. The Bertz CT molecular complexity index is 547. The number of hydrogen-bond donors (Lipinski definition) is 0. The normalized spacial score (nSPS) is 26.4. The Morgan fingerprint density at radius 1 is 0.464 bits per heavy atom. The lowest BCUT2D eigenvalue weighted by Crippen LogP contribution is -2.44. The molecule has 4 fully saturated rings. The third kappa shape index (κ3) is 4.04. The van der Waals surface area contributed by atoms with Crippen molar-refractivity contribution in [1.29, 1.82) is 0 Å². The molecule has 0 amide bonds. The summed E-state index contributed by atoms with van der Waals surface area (Å²) in [5, 5.41) is 0. The predicted octanol–water partition coefficient (Wildman–Crippen LogP) is 3.82. The van der Waals surface area contributed by atoms with Gasteiger partial charge in [0.15, 0.2) is 0 Å². The predicted molar refractivity (Wildman–Crippen MR) is 119 cm³/mol. The van der Waals surface area contributed by atoms with Crippen LogP contribution in [0.2, 0.25) is 0 Å². The molecule has 0 unspecified atom stereocenters. The van der Waals surface area contributed by atoms with E-state index in [9.17, 15) is 0 Å². The zero-order valence-electron chi connectivity index (χ0n) is 17.6. The van der Waals surface area contributed by atoms with Crippen LogP contribution in [0.1, 0.15) is 51.4 Å². The minimum atomic E-state index is 0.843. The maximum Gasteiger partial charge on any atom is 0.0367 e. The fourth-order valence-electron chi connectivity index (χ4n) is 6.07. The van der Waals surface area contributed by atoms with E-state index < -0.39 is 0 Å². The van der Waals surface area contributed by atoms with Crippen molar-refractivity contribution in [3.63, 3.8) is 0 Å². The largest absolute Gasteiger partial charge is 0.371 e.